The molecule has 2 aromatic rings. The Morgan fingerprint density at radius 2 is 1.79 bits per heavy atom. The molecular weight excluding hydrogens is 240 g/mol. The molecule has 0 aliphatic heterocycles. The van der Waals surface area contributed by atoms with E-state index in [4.69, 9.17) is 5.73 Å². The van der Waals surface area contributed by atoms with E-state index < -0.39 is 11.9 Å². The molecule has 1 unspecified atom stereocenters. The summed E-state index contributed by atoms with van der Waals surface area (Å²) in [6, 6.07) is 13.5. The molecule has 0 bridgehead atoms. The molecule has 0 aliphatic rings. The number of anilines is 1. The van der Waals surface area contributed by atoms with E-state index in [1.165, 1.54) is 6.07 Å². The number of phenols is 1. The highest BCUT2D eigenvalue weighted by atomic mass is 16.3. The minimum Gasteiger partial charge on any atom is -0.508 e. The van der Waals surface area contributed by atoms with Crippen LogP contribution >= 0.6 is 0 Å². The van der Waals surface area contributed by atoms with Gasteiger partial charge < -0.3 is 16.2 Å². The topological polar surface area (TPSA) is 75.3 Å². The molecule has 0 radical (unpaired) electrons. The van der Waals surface area contributed by atoms with Crippen molar-refractivity contribution >= 4 is 11.6 Å². The van der Waals surface area contributed by atoms with Crippen molar-refractivity contribution in [3.05, 3.63) is 59.7 Å². The van der Waals surface area contributed by atoms with Gasteiger partial charge in [0.15, 0.2) is 0 Å². The quantitative estimate of drug-likeness (QED) is 0.786. The number of aryl methyl sites for hydroxylation is 1. The SMILES string of the molecule is Cc1ccccc1NC(C(N)=O)c1ccccc1O. The maximum Gasteiger partial charge on any atom is 0.244 e. The van der Waals surface area contributed by atoms with Crippen LogP contribution in [0.1, 0.15) is 17.2 Å². The molecule has 0 fully saturated rings. The summed E-state index contributed by atoms with van der Waals surface area (Å²) in [4.78, 5) is 11.6. The normalized spacial score (nSPS) is 11.8. The molecule has 0 aliphatic carbocycles. The molecule has 4 N–H and O–H groups in total. The molecule has 2 aromatic carbocycles. The summed E-state index contributed by atoms with van der Waals surface area (Å²) in [6.07, 6.45) is 0. The fourth-order valence-electron chi connectivity index (χ4n) is 1.92. The number of carbonyl (C=O) groups excluding carboxylic acids is 1. The Hall–Kier alpha value is -2.49. The van der Waals surface area contributed by atoms with Crippen LogP contribution in [0, 0.1) is 6.92 Å². The molecule has 0 heterocycles. The standard InChI is InChI=1S/C15H16N2O2/c1-10-6-2-4-8-12(10)17-14(15(16)19)11-7-3-5-9-13(11)18/h2-9,14,17-18H,1H3,(H2,16,19). The minimum atomic E-state index is -0.762. The lowest BCUT2D eigenvalue weighted by molar-refractivity contribution is -0.118. The van der Waals surface area contributed by atoms with E-state index in [-0.39, 0.29) is 5.75 Å². The first-order valence-electron chi connectivity index (χ1n) is 5.99. The van der Waals surface area contributed by atoms with Crippen molar-refractivity contribution in [1.82, 2.24) is 0 Å². The Labute approximate surface area is 111 Å². The van der Waals surface area contributed by atoms with Crippen molar-refractivity contribution in [1.29, 1.82) is 0 Å². The number of nitrogens with one attached hydrogen (secondary N) is 1. The van der Waals surface area contributed by atoms with Crippen LogP contribution in [0.2, 0.25) is 0 Å². The summed E-state index contributed by atoms with van der Waals surface area (Å²) in [5.74, 6) is -0.489. The molecule has 0 spiro atoms. The van der Waals surface area contributed by atoms with Crippen molar-refractivity contribution < 1.29 is 9.90 Å². The number of para-hydroxylation sites is 2. The van der Waals surface area contributed by atoms with Gasteiger partial charge >= 0.3 is 0 Å². The lowest BCUT2D eigenvalue weighted by Gasteiger charge is -2.19. The second-order valence-electron chi connectivity index (χ2n) is 4.35. The highest BCUT2D eigenvalue weighted by molar-refractivity contribution is 5.85. The van der Waals surface area contributed by atoms with E-state index in [0.717, 1.165) is 11.3 Å². The summed E-state index contributed by atoms with van der Waals surface area (Å²) in [7, 11) is 0. The fourth-order valence-corrected chi connectivity index (χ4v) is 1.92. The molecule has 0 saturated heterocycles. The third-order valence-corrected chi connectivity index (χ3v) is 2.98. The van der Waals surface area contributed by atoms with Crippen molar-refractivity contribution in [3.63, 3.8) is 0 Å². The lowest BCUT2D eigenvalue weighted by atomic mass is 10.0. The van der Waals surface area contributed by atoms with Crippen LogP contribution in [0.5, 0.6) is 5.75 Å². The van der Waals surface area contributed by atoms with Gasteiger partial charge in [-0.25, -0.2) is 0 Å². The molecular formula is C15H16N2O2. The van der Waals surface area contributed by atoms with Gasteiger partial charge in [0.1, 0.15) is 11.8 Å². The van der Waals surface area contributed by atoms with Crippen LogP contribution in [-0.4, -0.2) is 11.0 Å². The highest BCUT2D eigenvalue weighted by Crippen LogP contribution is 2.27. The molecule has 0 saturated carbocycles. The van der Waals surface area contributed by atoms with Gasteiger partial charge in [0.05, 0.1) is 0 Å². The fraction of sp³-hybridized carbons (Fsp3) is 0.133. The molecule has 19 heavy (non-hydrogen) atoms. The number of hydrogen-bond donors (Lipinski definition) is 3. The largest absolute Gasteiger partial charge is 0.508 e. The number of amides is 1. The molecule has 1 amide bonds. The van der Waals surface area contributed by atoms with E-state index in [0.29, 0.717) is 5.56 Å². The van der Waals surface area contributed by atoms with E-state index in [9.17, 15) is 9.90 Å². The predicted molar refractivity (Wildman–Crippen MR) is 74.8 cm³/mol. The first-order valence-corrected chi connectivity index (χ1v) is 5.99. The van der Waals surface area contributed by atoms with Crippen LogP contribution in [0.3, 0.4) is 0 Å². The molecule has 1 atom stereocenters. The molecule has 4 heteroatoms. The molecule has 2 rings (SSSR count). The van der Waals surface area contributed by atoms with Crippen LogP contribution < -0.4 is 11.1 Å². The van der Waals surface area contributed by atoms with Crippen LogP contribution in [0.4, 0.5) is 5.69 Å². The van der Waals surface area contributed by atoms with Gasteiger partial charge in [0.2, 0.25) is 5.91 Å². The average molecular weight is 256 g/mol. The van der Waals surface area contributed by atoms with E-state index in [1.807, 2.05) is 31.2 Å². The zero-order valence-corrected chi connectivity index (χ0v) is 10.6. The van der Waals surface area contributed by atoms with Gasteiger partial charge in [-0.3, -0.25) is 4.79 Å². The zero-order chi connectivity index (χ0) is 13.8. The van der Waals surface area contributed by atoms with Crippen molar-refractivity contribution in [2.45, 2.75) is 13.0 Å². The van der Waals surface area contributed by atoms with Gasteiger partial charge in [-0.05, 0) is 24.6 Å². The van der Waals surface area contributed by atoms with Crippen molar-refractivity contribution in [2.24, 2.45) is 5.73 Å². The van der Waals surface area contributed by atoms with Gasteiger partial charge in [-0.2, -0.15) is 0 Å². The Balaban J connectivity index is 2.35. The maximum absolute atomic E-state index is 11.6. The number of hydrogen-bond acceptors (Lipinski definition) is 3. The summed E-state index contributed by atoms with van der Waals surface area (Å²) in [5.41, 5.74) is 7.71. The number of carbonyl (C=O) groups is 1. The smallest absolute Gasteiger partial charge is 0.244 e. The summed E-state index contributed by atoms with van der Waals surface area (Å²) in [6.45, 7) is 1.94. The van der Waals surface area contributed by atoms with Crippen LogP contribution in [0.25, 0.3) is 0 Å². The van der Waals surface area contributed by atoms with Gasteiger partial charge in [0, 0.05) is 11.3 Å². The third kappa shape index (κ3) is 2.85. The Kier molecular flexibility index (Phi) is 3.71. The third-order valence-electron chi connectivity index (χ3n) is 2.98. The van der Waals surface area contributed by atoms with Crippen molar-refractivity contribution in [2.75, 3.05) is 5.32 Å². The summed E-state index contributed by atoms with van der Waals surface area (Å²) >= 11 is 0. The van der Waals surface area contributed by atoms with Gasteiger partial charge in [-0.1, -0.05) is 36.4 Å². The van der Waals surface area contributed by atoms with E-state index >= 15 is 0 Å². The van der Waals surface area contributed by atoms with Gasteiger partial charge in [-0.15, -0.1) is 0 Å². The summed E-state index contributed by atoms with van der Waals surface area (Å²) < 4.78 is 0. The Morgan fingerprint density at radius 3 is 2.42 bits per heavy atom. The number of primary amides is 1. The number of aromatic hydroxyl groups is 1. The predicted octanol–water partition coefficient (Wildman–Crippen LogP) is 2.34. The maximum atomic E-state index is 11.6. The number of nitrogens with two attached hydrogens (primary N) is 1. The monoisotopic (exact) mass is 256 g/mol. The Bertz CT molecular complexity index is 596. The average Bonchev–Trinajstić information content (AvgIpc) is 2.38. The highest BCUT2D eigenvalue weighted by Gasteiger charge is 2.20. The first-order chi connectivity index (χ1) is 9.09. The van der Waals surface area contributed by atoms with Crippen molar-refractivity contribution in [3.8, 4) is 5.75 Å². The second kappa shape index (κ2) is 5.44. The lowest BCUT2D eigenvalue weighted by Crippen LogP contribution is -2.28. The van der Waals surface area contributed by atoms with E-state index in [1.54, 1.807) is 18.2 Å². The number of benzene rings is 2. The number of rotatable bonds is 4. The Morgan fingerprint density at radius 1 is 1.16 bits per heavy atom. The molecule has 98 valence electrons. The van der Waals surface area contributed by atoms with Crippen LogP contribution in [0.15, 0.2) is 48.5 Å². The number of phenolic OH excluding ortho intramolecular Hbond substituents is 1. The van der Waals surface area contributed by atoms with Gasteiger partial charge in [0.25, 0.3) is 0 Å². The zero-order valence-electron chi connectivity index (χ0n) is 10.6. The van der Waals surface area contributed by atoms with Crippen LogP contribution in [-0.2, 0) is 4.79 Å². The van der Waals surface area contributed by atoms with E-state index in [2.05, 4.69) is 5.32 Å². The second-order valence-corrected chi connectivity index (χ2v) is 4.35. The minimum absolute atomic E-state index is 0.0485. The molecule has 4 nitrogen and oxygen atoms in total. The first kappa shape index (κ1) is 13.0. The molecule has 0 aromatic heterocycles. The summed E-state index contributed by atoms with van der Waals surface area (Å²) in [5, 5.41) is 12.9.